The predicted octanol–water partition coefficient (Wildman–Crippen LogP) is 2.95. The molecule has 1 aromatic heterocycles. The molecule has 0 bridgehead atoms. The molecular formula is C15H18N4. The Bertz CT molecular complexity index is 553. The van der Waals surface area contributed by atoms with Crippen LogP contribution in [0.4, 0.5) is 11.6 Å². The van der Waals surface area contributed by atoms with Gasteiger partial charge in [0.25, 0.3) is 0 Å². The van der Waals surface area contributed by atoms with Gasteiger partial charge in [-0.05, 0) is 31.4 Å². The fourth-order valence-corrected chi connectivity index (χ4v) is 2.46. The predicted molar refractivity (Wildman–Crippen MR) is 76.2 cm³/mol. The van der Waals surface area contributed by atoms with Gasteiger partial charge in [0.15, 0.2) is 0 Å². The van der Waals surface area contributed by atoms with Crippen molar-refractivity contribution in [3.8, 4) is 0 Å². The number of anilines is 2. The Morgan fingerprint density at radius 3 is 2.84 bits per heavy atom. The van der Waals surface area contributed by atoms with E-state index in [2.05, 4.69) is 15.3 Å². The van der Waals surface area contributed by atoms with Crippen molar-refractivity contribution in [1.29, 1.82) is 0 Å². The van der Waals surface area contributed by atoms with E-state index in [4.69, 9.17) is 5.73 Å². The summed E-state index contributed by atoms with van der Waals surface area (Å²) in [6, 6.07) is 10.1. The topological polar surface area (TPSA) is 63.8 Å². The summed E-state index contributed by atoms with van der Waals surface area (Å²) < 4.78 is 0. The molecule has 0 spiro atoms. The van der Waals surface area contributed by atoms with Crippen molar-refractivity contribution < 1.29 is 0 Å². The van der Waals surface area contributed by atoms with Crippen LogP contribution < -0.4 is 11.1 Å². The van der Waals surface area contributed by atoms with Gasteiger partial charge in [0.1, 0.15) is 0 Å². The molecule has 1 aliphatic rings. The Morgan fingerprint density at radius 2 is 2.00 bits per heavy atom. The van der Waals surface area contributed by atoms with Crippen LogP contribution in [0.5, 0.6) is 0 Å². The quantitative estimate of drug-likeness (QED) is 0.809. The lowest BCUT2D eigenvalue weighted by Crippen LogP contribution is -2.13. The number of aryl methyl sites for hydroxylation is 1. The number of aromatic nitrogens is 2. The van der Waals surface area contributed by atoms with E-state index < -0.39 is 0 Å². The summed E-state index contributed by atoms with van der Waals surface area (Å²) in [4.78, 5) is 8.99. The van der Waals surface area contributed by atoms with Crippen LogP contribution in [0.15, 0.2) is 36.5 Å². The summed E-state index contributed by atoms with van der Waals surface area (Å²) in [6.45, 7) is 0. The number of rotatable bonds is 2. The minimum Gasteiger partial charge on any atom is -0.324 e. The molecule has 0 amide bonds. The van der Waals surface area contributed by atoms with Crippen molar-refractivity contribution in [2.45, 2.75) is 31.7 Å². The van der Waals surface area contributed by atoms with Gasteiger partial charge in [0.05, 0.1) is 5.69 Å². The SMILES string of the molecule is NC1CCCCc2nc(Nc3ccccc3)ncc21. The summed E-state index contributed by atoms with van der Waals surface area (Å²) in [7, 11) is 0. The summed E-state index contributed by atoms with van der Waals surface area (Å²) in [5.74, 6) is 0.652. The largest absolute Gasteiger partial charge is 0.324 e. The van der Waals surface area contributed by atoms with Gasteiger partial charge in [-0.2, -0.15) is 0 Å². The lowest BCUT2D eigenvalue weighted by molar-refractivity contribution is 0.614. The number of benzene rings is 1. The normalized spacial score (nSPS) is 18.5. The fourth-order valence-electron chi connectivity index (χ4n) is 2.46. The van der Waals surface area contributed by atoms with Crippen molar-refractivity contribution in [3.63, 3.8) is 0 Å². The number of hydrogen-bond acceptors (Lipinski definition) is 4. The first-order valence-electron chi connectivity index (χ1n) is 6.76. The number of nitrogens with one attached hydrogen (secondary N) is 1. The number of nitrogens with zero attached hydrogens (tertiary/aromatic N) is 2. The van der Waals surface area contributed by atoms with E-state index in [0.29, 0.717) is 5.95 Å². The van der Waals surface area contributed by atoms with Crippen LogP contribution in [0.1, 0.15) is 36.6 Å². The first kappa shape index (κ1) is 12.1. The molecule has 4 nitrogen and oxygen atoms in total. The van der Waals surface area contributed by atoms with E-state index in [0.717, 1.165) is 36.2 Å². The van der Waals surface area contributed by atoms with E-state index in [1.807, 2.05) is 36.5 Å². The molecule has 1 aliphatic carbocycles. The molecule has 0 fully saturated rings. The molecule has 0 saturated carbocycles. The van der Waals surface area contributed by atoms with Gasteiger partial charge in [-0.25, -0.2) is 9.97 Å². The summed E-state index contributed by atoms with van der Waals surface area (Å²) in [6.07, 6.45) is 6.22. The standard InChI is InChI=1S/C15H18N4/c16-13-8-4-5-9-14-12(13)10-17-15(19-14)18-11-6-2-1-3-7-11/h1-3,6-7,10,13H,4-5,8-9,16H2,(H,17,18,19). The zero-order chi connectivity index (χ0) is 13.1. The lowest BCUT2D eigenvalue weighted by Gasteiger charge is -2.12. The molecular weight excluding hydrogens is 236 g/mol. The highest BCUT2D eigenvalue weighted by Crippen LogP contribution is 2.26. The lowest BCUT2D eigenvalue weighted by atomic mass is 10.1. The van der Waals surface area contributed by atoms with Crippen molar-refractivity contribution in [2.24, 2.45) is 5.73 Å². The van der Waals surface area contributed by atoms with Gasteiger partial charge < -0.3 is 11.1 Å². The Hall–Kier alpha value is -1.94. The molecule has 98 valence electrons. The summed E-state index contributed by atoms with van der Waals surface area (Å²) in [5.41, 5.74) is 9.35. The monoisotopic (exact) mass is 254 g/mol. The van der Waals surface area contributed by atoms with Gasteiger partial charge in [-0.15, -0.1) is 0 Å². The molecule has 4 heteroatoms. The second kappa shape index (κ2) is 5.36. The summed E-state index contributed by atoms with van der Waals surface area (Å²) in [5, 5.41) is 3.23. The molecule has 19 heavy (non-hydrogen) atoms. The van der Waals surface area contributed by atoms with Crippen LogP contribution in [0.25, 0.3) is 0 Å². The minimum absolute atomic E-state index is 0.0864. The number of fused-ring (bicyclic) bond motifs is 1. The van der Waals surface area contributed by atoms with Crippen molar-refractivity contribution in [3.05, 3.63) is 47.8 Å². The Morgan fingerprint density at radius 1 is 1.16 bits per heavy atom. The summed E-state index contributed by atoms with van der Waals surface area (Å²) >= 11 is 0. The van der Waals surface area contributed by atoms with E-state index in [1.165, 1.54) is 6.42 Å². The molecule has 1 heterocycles. The van der Waals surface area contributed by atoms with Crippen molar-refractivity contribution >= 4 is 11.6 Å². The Labute approximate surface area is 113 Å². The van der Waals surface area contributed by atoms with Crippen LogP contribution in [0.3, 0.4) is 0 Å². The maximum atomic E-state index is 6.15. The van der Waals surface area contributed by atoms with Crippen molar-refractivity contribution in [1.82, 2.24) is 9.97 Å². The number of nitrogens with two attached hydrogens (primary N) is 1. The van der Waals surface area contributed by atoms with E-state index in [1.54, 1.807) is 0 Å². The molecule has 3 N–H and O–H groups in total. The van der Waals surface area contributed by atoms with Crippen LogP contribution in [-0.2, 0) is 6.42 Å². The molecule has 3 rings (SSSR count). The minimum atomic E-state index is 0.0864. The third kappa shape index (κ3) is 2.74. The molecule has 1 aromatic carbocycles. The molecule has 0 aliphatic heterocycles. The zero-order valence-electron chi connectivity index (χ0n) is 10.8. The highest BCUT2D eigenvalue weighted by molar-refractivity contribution is 5.53. The number of hydrogen-bond donors (Lipinski definition) is 2. The van der Waals surface area contributed by atoms with E-state index in [-0.39, 0.29) is 6.04 Å². The molecule has 0 saturated heterocycles. The molecule has 0 radical (unpaired) electrons. The fraction of sp³-hybridized carbons (Fsp3) is 0.333. The highest BCUT2D eigenvalue weighted by Gasteiger charge is 2.17. The van der Waals surface area contributed by atoms with Gasteiger partial charge in [0.2, 0.25) is 5.95 Å². The first-order valence-corrected chi connectivity index (χ1v) is 6.76. The second-order valence-corrected chi connectivity index (χ2v) is 4.94. The van der Waals surface area contributed by atoms with Gasteiger partial charge in [-0.1, -0.05) is 24.6 Å². The van der Waals surface area contributed by atoms with Crippen LogP contribution >= 0.6 is 0 Å². The first-order chi connectivity index (χ1) is 9.33. The average molecular weight is 254 g/mol. The van der Waals surface area contributed by atoms with E-state index in [9.17, 15) is 0 Å². The Balaban J connectivity index is 1.87. The zero-order valence-corrected chi connectivity index (χ0v) is 10.8. The third-order valence-electron chi connectivity index (χ3n) is 3.51. The number of para-hydroxylation sites is 1. The van der Waals surface area contributed by atoms with Crippen LogP contribution in [0.2, 0.25) is 0 Å². The van der Waals surface area contributed by atoms with Gasteiger partial charge in [-0.3, -0.25) is 0 Å². The van der Waals surface area contributed by atoms with E-state index >= 15 is 0 Å². The van der Waals surface area contributed by atoms with Gasteiger partial charge in [0, 0.05) is 23.5 Å². The van der Waals surface area contributed by atoms with Crippen LogP contribution in [0, 0.1) is 0 Å². The van der Waals surface area contributed by atoms with Crippen molar-refractivity contribution in [2.75, 3.05) is 5.32 Å². The third-order valence-corrected chi connectivity index (χ3v) is 3.51. The van der Waals surface area contributed by atoms with Gasteiger partial charge >= 0.3 is 0 Å². The second-order valence-electron chi connectivity index (χ2n) is 4.94. The maximum Gasteiger partial charge on any atom is 0.227 e. The highest BCUT2D eigenvalue weighted by atomic mass is 15.1. The molecule has 1 atom stereocenters. The average Bonchev–Trinajstić information content (AvgIpc) is 2.62. The molecule has 1 unspecified atom stereocenters. The van der Waals surface area contributed by atoms with Crippen LogP contribution in [-0.4, -0.2) is 9.97 Å². The smallest absolute Gasteiger partial charge is 0.227 e. The Kier molecular flexibility index (Phi) is 3.42. The molecule has 2 aromatic rings. The maximum absolute atomic E-state index is 6.15.